The summed E-state index contributed by atoms with van der Waals surface area (Å²) in [6, 6.07) is 21.8. The fourth-order valence-corrected chi connectivity index (χ4v) is 4.56. The molecule has 0 aliphatic rings. The molecule has 132 valence electrons. The topological polar surface area (TPSA) is 4.93 Å². The Morgan fingerprint density at radius 1 is 0.808 bits per heavy atom. The summed E-state index contributed by atoms with van der Waals surface area (Å²) < 4.78 is 2.31. The van der Waals surface area contributed by atoms with Gasteiger partial charge in [0.2, 0.25) is 0 Å². The molecule has 0 aliphatic carbocycles. The van der Waals surface area contributed by atoms with Crippen LogP contribution in [0.15, 0.2) is 60.7 Å². The number of thiophene rings is 1. The Morgan fingerprint density at radius 2 is 1.50 bits per heavy atom. The summed E-state index contributed by atoms with van der Waals surface area (Å²) in [4.78, 5) is 2.83. The number of rotatable bonds is 7. The first-order chi connectivity index (χ1) is 12.9. The molecule has 2 heterocycles. The summed E-state index contributed by atoms with van der Waals surface area (Å²) in [5.41, 5.74) is 2.53. The molecule has 2 aromatic heterocycles. The van der Waals surface area contributed by atoms with Crippen molar-refractivity contribution in [3.63, 3.8) is 0 Å². The van der Waals surface area contributed by atoms with Crippen LogP contribution in [0.5, 0.6) is 0 Å². The van der Waals surface area contributed by atoms with Crippen molar-refractivity contribution in [2.24, 2.45) is 0 Å². The Hall–Kier alpha value is -2.32. The van der Waals surface area contributed by atoms with Crippen LogP contribution in [0.25, 0.3) is 34.1 Å². The van der Waals surface area contributed by atoms with Gasteiger partial charge in [-0.2, -0.15) is 0 Å². The Balaban J connectivity index is 1.60. The molecule has 0 N–H and O–H groups in total. The van der Waals surface area contributed by atoms with E-state index < -0.39 is 0 Å². The molecule has 2 heteroatoms. The van der Waals surface area contributed by atoms with E-state index in [0.29, 0.717) is 0 Å². The number of aryl methyl sites for hydroxylation is 1. The Labute approximate surface area is 159 Å². The highest BCUT2D eigenvalue weighted by atomic mass is 32.1. The van der Waals surface area contributed by atoms with Gasteiger partial charge in [0.05, 0.1) is 11.0 Å². The van der Waals surface area contributed by atoms with E-state index in [0.717, 1.165) is 0 Å². The third kappa shape index (κ3) is 3.47. The molecule has 0 saturated heterocycles. The molecular formula is C24H25NS. The largest absolute Gasteiger partial charge is 0.316 e. The van der Waals surface area contributed by atoms with Gasteiger partial charge in [0, 0.05) is 26.7 Å². The number of unbranched alkanes of at least 4 members (excludes halogenated alkanes) is 3. The molecule has 0 spiro atoms. The minimum atomic E-state index is 1.22. The smallest absolute Gasteiger partial charge is 0.0534 e. The Morgan fingerprint density at radius 3 is 2.19 bits per heavy atom. The average molecular weight is 360 g/mol. The van der Waals surface area contributed by atoms with E-state index in [-0.39, 0.29) is 0 Å². The maximum atomic E-state index is 2.31. The molecular weight excluding hydrogens is 334 g/mol. The summed E-state index contributed by atoms with van der Waals surface area (Å²) in [6.45, 7) is 2.27. The van der Waals surface area contributed by atoms with Crippen LogP contribution in [0, 0.1) is 0 Å². The van der Waals surface area contributed by atoms with Crippen LogP contribution < -0.4 is 0 Å². The lowest BCUT2D eigenvalue weighted by molar-refractivity contribution is 0.670. The van der Waals surface area contributed by atoms with Crippen LogP contribution in [0.1, 0.15) is 42.4 Å². The number of nitrogens with zero attached hydrogens (tertiary/aromatic N) is 1. The molecule has 2 aromatic carbocycles. The third-order valence-electron chi connectivity index (χ3n) is 4.96. The number of benzene rings is 2. The van der Waals surface area contributed by atoms with Gasteiger partial charge in [-0.1, -0.05) is 62.6 Å². The van der Waals surface area contributed by atoms with Crippen molar-refractivity contribution in [3.05, 3.63) is 70.4 Å². The number of hydrogen-bond acceptors (Lipinski definition) is 1. The second-order valence-electron chi connectivity index (χ2n) is 6.83. The van der Waals surface area contributed by atoms with Gasteiger partial charge in [-0.25, -0.2) is 0 Å². The van der Waals surface area contributed by atoms with Gasteiger partial charge in [0.25, 0.3) is 0 Å². The van der Waals surface area contributed by atoms with Crippen molar-refractivity contribution in [2.45, 2.75) is 39.0 Å². The van der Waals surface area contributed by atoms with E-state index in [4.69, 9.17) is 0 Å². The lowest BCUT2D eigenvalue weighted by atomic mass is 10.1. The molecule has 0 fully saturated rings. The molecule has 0 saturated carbocycles. The molecule has 0 bridgehead atoms. The van der Waals surface area contributed by atoms with Crippen LogP contribution in [0.2, 0.25) is 0 Å². The van der Waals surface area contributed by atoms with Crippen molar-refractivity contribution in [3.8, 4) is 0 Å². The standard InChI is InChI=1S/C24H25NS/c1-2-3-4-5-10-19-15-16-20(26-19)17-18-25-23-13-8-6-11-21(23)22-12-7-9-14-24(22)25/h6-9,11-18H,2-5,10H2,1H3/b18-17+. The molecule has 0 radical (unpaired) electrons. The first-order valence-electron chi connectivity index (χ1n) is 9.61. The van der Waals surface area contributed by atoms with Gasteiger partial charge in [0.1, 0.15) is 0 Å². The van der Waals surface area contributed by atoms with E-state index in [2.05, 4.69) is 84.4 Å². The van der Waals surface area contributed by atoms with Crippen molar-refractivity contribution in [1.29, 1.82) is 0 Å². The lowest BCUT2D eigenvalue weighted by Gasteiger charge is -1.99. The zero-order chi connectivity index (χ0) is 17.8. The lowest BCUT2D eigenvalue weighted by Crippen LogP contribution is -1.84. The monoisotopic (exact) mass is 359 g/mol. The summed E-state index contributed by atoms with van der Waals surface area (Å²) in [7, 11) is 0. The molecule has 4 aromatic rings. The summed E-state index contributed by atoms with van der Waals surface area (Å²) in [6.07, 6.45) is 11.0. The number of para-hydroxylation sites is 2. The predicted octanol–water partition coefficient (Wildman–Crippen LogP) is 7.61. The van der Waals surface area contributed by atoms with Crippen LogP contribution in [0.4, 0.5) is 0 Å². The summed E-state index contributed by atoms with van der Waals surface area (Å²) in [5.74, 6) is 0. The van der Waals surface area contributed by atoms with Crippen LogP contribution in [-0.2, 0) is 6.42 Å². The Kier molecular flexibility index (Phi) is 5.21. The fourth-order valence-electron chi connectivity index (χ4n) is 3.61. The third-order valence-corrected chi connectivity index (χ3v) is 6.07. The zero-order valence-corrected chi connectivity index (χ0v) is 16.1. The van der Waals surface area contributed by atoms with E-state index in [1.165, 1.54) is 63.7 Å². The maximum Gasteiger partial charge on any atom is 0.0534 e. The van der Waals surface area contributed by atoms with Crippen LogP contribution in [0.3, 0.4) is 0 Å². The predicted molar refractivity (Wildman–Crippen MR) is 117 cm³/mol. The van der Waals surface area contributed by atoms with E-state index in [9.17, 15) is 0 Å². The highest BCUT2D eigenvalue weighted by Crippen LogP contribution is 2.29. The van der Waals surface area contributed by atoms with Crippen LogP contribution >= 0.6 is 11.3 Å². The fraction of sp³-hybridized carbons (Fsp3) is 0.250. The van der Waals surface area contributed by atoms with Gasteiger partial charge in [-0.3, -0.25) is 0 Å². The molecule has 0 amide bonds. The van der Waals surface area contributed by atoms with E-state index in [1.807, 2.05) is 11.3 Å². The molecule has 1 nitrogen and oxygen atoms in total. The highest BCUT2D eigenvalue weighted by molar-refractivity contribution is 7.12. The molecule has 4 rings (SSSR count). The minimum absolute atomic E-state index is 1.22. The van der Waals surface area contributed by atoms with Gasteiger partial charge < -0.3 is 4.57 Å². The average Bonchev–Trinajstić information content (AvgIpc) is 3.26. The first kappa shape index (κ1) is 17.1. The second-order valence-corrected chi connectivity index (χ2v) is 8.03. The maximum absolute atomic E-state index is 2.31. The van der Waals surface area contributed by atoms with Crippen molar-refractivity contribution >= 4 is 45.4 Å². The normalized spacial score (nSPS) is 11.9. The zero-order valence-electron chi connectivity index (χ0n) is 15.3. The number of hydrogen-bond donors (Lipinski definition) is 0. The van der Waals surface area contributed by atoms with Gasteiger partial charge in [0.15, 0.2) is 0 Å². The van der Waals surface area contributed by atoms with E-state index >= 15 is 0 Å². The molecule has 0 atom stereocenters. The SMILES string of the molecule is CCCCCCc1ccc(/C=C/n2c3ccccc3c3ccccc32)s1. The van der Waals surface area contributed by atoms with Gasteiger partial charge in [-0.15, -0.1) is 11.3 Å². The van der Waals surface area contributed by atoms with E-state index in [1.54, 1.807) is 0 Å². The van der Waals surface area contributed by atoms with Gasteiger partial charge >= 0.3 is 0 Å². The quantitative estimate of drug-likeness (QED) is 0.299. The highest BCUT2D eigenvalue weighted by Gasteiger charge is 2.07. The summed E-state index contributed by atoms with van der Waals surface area (Å²) >= 11 is 1.92. The van der Waals surface area contributed by atoms with Crippen molar-refractivity contribution in [2.75, 3.05) is 0 Å². The number of fused-ring (bicyclic) bond motifs is 3. The summed E-state index contributed by atoms with van der Waals surface area (Å²) in [5, 5.41) is 2.63. The molecule has 0 aliphatic heterocycles. The minimum Gasteiger partial charge on any atom is -0.316 e. The molecule has 0 unspecified atom stereocenters. The van der Waals surface area contributed by atoms with Crippen molar-refractivity contribution < 1.29 is 0 Å². The van der Waals surface area contributed by atoms with Crippen molar-refractivity contribution in [1.82, 2.24) is 4.57 Å². The molecule has 26 heavy (non-hydrogen) atoms. The number of aromatic nitrogens is 1. The second kappa shape index (κ2) is 7.92. The van der Waals surface area contributed by atoms with Crippen LogP contribution in [-0.4, -0.2) is 4.57 Å². The first-order valence-corrected chi connectivity index (χ1v) is 10.4. The van der Waals surface area contributed by atoms with Gasteiger partial charge in [-0.05, 0) is 43.2 Å². The Bertz CT molecular complexity index is 981.